The molecular formula is C14H21FN2O2. The maximum absolute atomic E-state index is 12.9. The Morgan fingerprint density at radius 1 is 1.42 bits per heavy atom. The van der Waals surface area contributed by atoms with Gasteiger partial charge < -0.3 is 15.7 Å². The van der Waals surface area contributed by atoms with Gasteiger partial charge in [0.15, 0.2) is 0 Å². The van der Waals surface area contributed by atoms with Gasteiger partial charge in [0.25, 0.3) is 0 Å². The number of halogens is 1. The van der Waals surface area contributed by atoms with Gasteiger partial charge in [-0.25, -0.2) is 9.18 Å². The van der Waals surface area contributed by atoms with Crippen molar-refractivity contribution in [1.82, 2.24) is 5.32 Å². The van der Waals surface area contributed by atoms with E-state index in [9.17, 15) is 14.3 Å². The minimum atomic E-state index is -0.555. The fourth-order valence-electron chi connectivity index (χ4n) is 1.77. The molecule has 2 amide bonds. The lowest BCUT2D eigenvalue weighted by Crippen LogP contribution is -2.35. The van der Waals surface area contributed by atoms with E-state index < -0.39 is 12.1 Å². The minimum absolute atomic E-state index is 0.199. The van der Waals surface area contributed by atoms with Crippen molar-refractivity contribution >= 4 is 11.7 Å². The van der Waals surface area contributed by atoms with Gasteiger partial charge in [-0.05, 0) is 43.0 Å². The summed E-state index contributed by atoms with van der Waals surface area (Å²) in [6.07, 6.45) is 0.0793. The number of aryl methyl sites for hydroxylation is 1. The van der Waals surface area contributed by atoms with Crippen LogP contribution in [0.25, 0.3) is 0 Å². The second-order valence-electron chi connectivity index (χ2n) is 5.08. The van der Waals surface area contributed by atoms with Crippen LogP contribution in [0.15, 0.2) is 18.2 Å². The number of anilines is 1. The Morgan fingerprint density at radius 3 is 2.68 bits per heavy atom. The predicted octanol–water partition coefficient (Wildman–Crippen LogP) is 2.66. The van der Waals surface area contributed by atoms with Crippen LogP contribution in [0.3, 0.4) is 0 Å². The van der Waals surface area contributed by atoms with Crippen molar-refractivity contribution in [2.45, 2.75) is 33.3 Å². The molecule has 0 saturated carbocycles. The summed E-state index contributed by atoms with van der Waals surface area (Å²) >= 11 is 0. The zero-order valence-corrected chi connectivity index (χ0v) is 11.5. The Morgan fingerprint density at radius 2 is 2.11 bits per heavy atom. The van der Waals surface area contributed by atoms with Gasteiger partial charge >= 0.3 is 6.03 Å². The second kappa shape index (κ2) is 7.09. The van der Waals surface area contributed by atoms with E-state index >= 15 is 0 Å². The first-order valence-corrected chi connectivity index (χ1v) is 6.37. The molecule has 5 heteroatoms. The molecule has 0 spiro atoms. The van der Waals surface area contributed by atoms with Crippen LogP contribution in [0.2, 0.25) is 0 Å². The van der Waals surface area contributed by atoms with E-state index in [0.29, 0.717) is 23.6 Å². The summed E-state index contributed by atoms with van der Waals surface area (Å²) in [5.41, 5.74) is 1.20. The van der Waals surface area contributed by atoms with E-state index in [2.05, 4.69) is 10.6 Å². The molecule has 1 aromatic carbocycles. The molecule has 0 bridgehead atoms. The van der Waals surface area contributed by atoms with Gasteiger partial charge in [0.05, 0.1) is 6.10 Å². The molecule has 1 rings (SSSR count). The van der Waals surface area contributed by atoms with Crippen molar-refractivity contribution in [2.24, 2.45) is 5.92 Å². The van der Waals surface area contributed by atoms with Crippen LogP contribution in [-0.4, -0.2) is 23.8 Å². The molecule has 0 radical (unpaired) electrons. The van der Waals surface area contributed by atoms with Crippen LogP contribution in [0.1, 0.15) is 25.8 Å². The third-order valence-corrected chi connectivity index (χ3v) is 2.68. The summed E-state index contributed by atoms with van der Waals surface area (Å²) in [4.78, 5) is 11.6. The van der Waals surface area contributed by atoms with Crippen molar-refractivity contribution in [3.63, 3.8) is 0 Å². The monoisotopic (exact) mass is 268 g/mol. The van der Waals surface area contributed by atoms with Crippen molar-refractivity contribution < 1.29 is 14.3 Å². The molecule has 0 fully saturated rings. The number of rotatable bonds is 5. The molecule has 1 aromatic rings. The van der Waals surface area contributed by atoms with Crippen LogP contribution in [0.5, 0.6) is 0 Å². The number of amides is 2. The first-order valence-electron chi connectivity index (χ1n) is 6.37. The van der Waals surface area contributed by atoms with E-state index in [1.165, 1.54) is 18.2 Å². The maximum Gasteiger partial charge on any atom is 0.319 e. The van der Waals surface area contributed by atoms with E-state index in [0.717, 1.165) is 0 Å². The molecule has 106 valence electrons. The van der Waals surface area contributed by atoms with E-state index in [1.54, 1.807) is 6.92 Å². The fraction of sp³-hybridized carbons (Fsp3) is 0.500. The van der Waals surface area contributed by atoms with Crippen LogP contribution in [0.4, 0.5) is 14.9 Å². The van der Waals surface area contributed by atoms with Gasteiger partial charge in [-0.15, -0.1) is 0 Å². The van der Waals surface area contributed by atoms with Crippen molar-refractivity contribution in [3.8, 4) is 0 Å². The molecule has 3 N–H and O–H groups in total. The SMILES string of the molecule is Cc1cc(F)ccc1NC(=O)NCC(O)CC(C)C. The Balaban J connectivity index is 2.43. The second-order valence-corrected chi connectivity index (χ2v) is 5.08. The molecule has 0 aliphatic rings. The topological polar surface area (TPSA) is 61.4 Å². The molecule has 0 heterocycles. The number of hydrogen-bond donors (Lipinski definition) is 3. The van der Waals surface area contributed by atoms with Crippen molar-refractivity contribution in [2.75, 3.05) is 11.9 Å². The Kier molecular flexibility index (Phi) is 5.76. The largest absolute Gasteiger partial charge is 0.391 e. The number of carbonyl (C=O) groups is 1. The first-order chi connectivity index (χ1) is 8.88. The number of aliphatic hydroxyl groups is 1. The van der Waals surface area contributed by atoms with Crippen LogP contribution in [0, 0.1) is 18.7 Å². The standard InChI is InChI=1S/C14H21FN2O2/c1-9(2)6-12(18)8-16-14(19)17-13-5-4-11(15)7-10(13)3/h4-5,7,9,12,18H,6,8H2,1-3H3,(H2,16,17,19). The van der Waals surface area contributed by atoms with Crippen molar-refractivity contribution in [3.05, 3.63) is 29.6 Å². The summed E-state index contributed by atoms with van der Waals surface area (Å²) in [6.45, 7) is 5.92. The third-order valence-electron chi connectivity index (χ3n) is 2.68. The van der Waals surface area contributed by atoms with Gasteiger partial charge in [-0.1, -0.05) is 13.8 Å². The van der Waals surface area contributed by atoms with Gasteiger partial charge in [0.2, 0.25) is 0 Å². The quantitative estimate of drug-likeness (QED) is 0.769. The molecule has 4 nitrogen and oxygen atoms in total. The van der Waals surface area contributed by atoms with Gasteiger partial charge in [0, 0.05) is 12.2 Å². The number of nitrogens with one attached hydrogen (secondary N) is 2. The van der Waals surface area contributed by atoms with Crippen molar-refractivity contribution in [1.29, 1.82) is 0 Å². The average Bonchev–Trinajstić information content (AvgIpc) is 2.29. The van der Waals surface area contributed by atoms with Gasteiger partial charge in [-0.2, -0.15) is 0 Å². The third kappa shape index (κ3) is 5.70. The van der Waals surface area contributed by atoms with E-state index in [4.69, 9.17) is 0 Å². The summed E-state index contributed by atoms with van der Waals surface area (Å²) in [7, 11) is 0. The van der Waals surface area contributed by atoms with Crippen LogP contribution < -0.4 is 10.6 Å². The molecule has 1 atom stereocenters. The highest BCUT2D eigenvalue weighted by molar-refractivity contribution is 5.90. The normalized spacial score (nSPS) is 12.3. The van der Waals surface area contributed by atoms with E-state index in [-0.39, 0.29) is 12.4 Å². The van der Waals surface area contributed by atoms with Crippen LogP contribution >= 0.6 is 0 Å². The lowest BCUT2D eigenvalue weighted by atomic mass is 10.1. The summed E-state index contributed by atoms with van der Waals surface area (Å²) in [5.74, 6) is 0.0371. The number of hydrogen-bond acceptors (Lipinski definition) is 2. The molecule has 1 unspecified atom stereocenters. The van der Waals surface area contributed by atoms with Gasteiger partial charge in [-0.3, -0.25) is 0 Å². The van der Waals surface area contributed by atoms with Gasteiger partial charge in [0.1, 0.15) is 5.82 Å². The number of aliphatic hydroxyl groups excluding tert-OH is 1. The fourth-order valence-corrected chi connectivity index (χ4v) is 1.77. The van der Waals surface area contributed by atoms with Crippen LogP contribution in [-0.2, 0) is 0 Å². The highest BCUT2D eigenvalue weighted by Gasteiger charge is 2.09. The summed E-state index contributed by atoms with van der Waals surface area (Å²) < 4.78 is 12.9. The summed E-state index contributed by atoms with van der Waals surface area (Å²) in [5, 5.41) is 14.8. The number of carbonyl (C=O) groups excluding carboxylic acids is 1. The summed E-state index contributed by atoms with van der Waals surface area (Å²) in [6, 6.07) is 3.74. The van der Waals surface area contributed by atoms with E-state index in [1.807, 2.05) is 13.8 Å². The molecule has 0 aliphatic carbocycles. The highest BCUT2D eigenvalue weighted by atomic mass is 19.1. The lowest BCUT2D eigenvalue weighted by molar-refractivity contribution is 0.148. The molecular weight excluding hydrogens is 247 g/mol. The number of benzene rings is 1. The number of urea groups is 1. The lowest BCUT2D eigenvalue weighted by Gasteiger charge is -2.15. The Labute approximate surface area is 113 Å². The predicted molar refractivity (Wildman–Crippen MR) is 73.6 cm³/mol. The minimum Gasteiger partial charge on any atom is -0.391 e. The highest BCUT2D eigenvalue weighted by Crippen LogP contribution is 2.15. The molecule has 19 heavy (non-hydrogen) atoms. The Hall–Kier alpha value is -1.62. The molecule has 0 aliphatic heterocycles. The Bertz CT molecular complexity index is 435. The maximum atomic E-state index is 12.9. The molecule has 0 aromatic heterocycles. The first kappa shape index (κ1) is 15.4. The average molecular weight is 268 g/mol. The molecule has 0 saturated heterocycles. The smallest absolute Gasteiger partial charge is 0.319 e. The zero-order valence-electron chi connectivity index (χ0n) is 11.5. The zero-order chi connectivity index (χ0) is 14.4.